The first-order valence-electron chi connectivity index (χ1n) is 8.33. The van der Waals surface area contributed by atoms with Gasteiger partial charge in [0.1, 0.15) is 18.2 Å². The number of rotatable bonds is 5. The van der Waals surface area contributed by atoms with Crippen molar-refractivity contribution < 1.29 is 9.47 Å². The highest BCUT2D eigenvalue weighted by Crippen LogP contribution is 2.40. The lowest BCUT2D eigenvalue weighted by Crippen LogP contribution is -2.13. The van der Waals surface area contributed by atoms with Crippen molar-refractivity contribution in [2.45, 2.75) is 13.5 Å². The number of aromatic amines is 1. The number of para-hydroxylation sites is 1. The van der Waals surface area contributed by atoms with Crippen LogP contribution in [0.2, 0.25) is 10.0 Å². The predicted molar refractivity (Wildman–Crippen MR) is 109 cm³/mol. The lowest BCUT2D eigenvalue weighted by molar-refractivity contribution is 0.286. The second kappa shape index (κ2) is 8.39. The van der Waals surface area contributed by atoms with Gasteiger partial charge in [-0.25, -0.2) is 0 Å². The van der Waals surface area contributed by atoms with E-state index in [1.807, 2.05) is 6.07 Å². The molecule has 0 atom stereocenters. The molecule has 1 N–H and O–H groups in total. The second-order valence-electron chi connectivity index (χ2n) is 6.01. The molecule has 7 heteroatoms. The van der Waals surface area contributed by atoms with E-state index in [9.17, 15) is 10.1 Å². The fourth-order valence-corrected chi connectivity index (χ4v) is 3.37. The molecule has 0 bridgehead atoms. The van der Waals surface area contributed by atoms with Gasteiger partial charge in [0.25, 0.3) is 5.56 Å². The van der Waals surface area contributed by atoms with Crippen LogP contribution >= 0.6 is 23.2 Å². The number of ether oxygens (including phenoxy) is 2. The van der Waals surface area contributed by atoms with E-state index in [-0.39, 0.29) is 12.2 Å². The van der Waals surface area contributed by atoms with Gasteiger partial charge in [-0.15, -0.1) is 0 Å². The van der Waals surface area contributed by atoms with Crippen LogP contribution in [0.4, 0.5) is 0 Å². The molecule has 2 aromatic carbocycles. The van der Waals surface area contributed by atoms with E-state index in [4.69, 9.17) is 32.7 Å². The van der Waals surface area contributed by atoms with Crippen molar-refractivity contribution in [3.8, 4) is 28.7 Å². The van der Waals surface area contributed by atoms with Crippen molar-refractivity contribution >= 4 is 23.2 Å². The van der Waals surface area contributed by atoms with Gasteiger partial charge in [-0.05, 0) is 31.2 Å². The molecule has 142 valence electrons. The first-order chi connectivity index (χ1) is 13.5. The molecule has 28 heavy (non-hydrogen) atoms. The maximum Gasteiger partial charge on any atom is 0.266 e. The Bertz CT molecular complexity index is 1110. The molecule has 0 amide bonds. The summed E-state index contributed by atoms with van der Waals surface area (Å²) in [7, 11) is 1.52. The monoisotopic (exact) mass is 414 g/mol. The summed E-state index contributed by atoms with van der Waals surface area (Å²) in [5, 5.41) is 10.4. The van der Waals surface area contributed by atoms with Gasteiger partial charge in [0.15, 0.2) is 11.5 Å². The first kappa shape index (κ1) is 19.8. The number of nitriles is 1. The molecule has 0 fully saturated rings. The minimum absolute atomic E-state index is 0.000482. The van der Waals surface area contributed by atoms with Crippen molar-refractivity contribution in [2.24, 2.45) is 0 Å². The molecule has 5 nitrogen and oxygen atoms in total. The number of hydrogen-bond donors (Lipinski definition) is 1. The van der Waals surface area contributed by atoms with Crippen LogP contribution in [0.1, 0.15) is 16.8 Å². The molecule has 0 saturated carbocycles. The van der Waals surface area contributed by atoms with Crippen molar-refractivity contribution in [2.75, 3.05) is 7.11 Å². The van der Waals surface area contributed by atoms with Gasteiger partial charge in [-0.3, -0.25) is 4.79 Å². The maximum atomic E-state index is 12.2. The lowest BCUT2D eigenvalue weighted by atomic mass is 9.99. The second-order valence-corrected chi connectivity index (χ2v) is 6.82. The summed E-state index contributed by atoms with van der Waals surface area (Å²) >= 11 is 12.5. The van der Waals surface area contributed by atoms with E-state index in [2.05, 4.69) is 4.98 Å². The normalized spacial score (nSPS) is 10.4. The Kier molecular flexibility index (Phi) is 5.93. The molecule has 1 heterocycles. The van der Waals surface area contributed by atoms with Crippen molar-refractivity contribution in [1.29, 1.82) is 5.26 Å². The van der Waals surface area contributed by atoms with Gasteiger partial charge >= 0.3 is 0 Å². The Morgan fingerprint density at radius 3 is 2.43 bits per heavy atom. The third kappa shape index (κ3) is 3.84. The van der Waals surface area contributed by atoms with Crippen LogP contribution in [-0.2, 0) is 6.61 Å². The van der Waals surface area contributed by atoms with Gasteiger partial charge < -0.3 is 14.5 Å². The number of nitrogens with one attached hydrogen (secondary N) is 1. The average molecular weight is 415 g/mol. The number of hydrogen-bond acceptors (Lipinski definition) is 4. The Labute approximate surface area is 172 Å². The highest BCUT2D eigenvalue weighted by Gasteiger charge is 2.19. The van der Waals surface area contributed by atoms with Gasteiger partial charge in [-0.2, -0.15) is 5.26 Å². The Hall–Kier alpha value is -2.94. The van der Waals surface area contributed by atoms with Crippen LogP contribution in [0.5, 0.6) is 11.5 Å². The number of halogens is 2. The summed E-state index contributed by atoms with van der Waals surface area (Å²) in [4.78, 5) is 14.9. The average Bonchev–Trinajstić information content (AvgIpc) is 2.67. The standard InChI is InChI=1S/C21H16Cl2N2O3/c1-12-9-14(15(10-24)21(26)25-12)13-5-3-8-19(27-2)20(13)28-11-16-17(22)6-4-7-18(16)23/h3-9H,11H2,1-2H3,(H,25,26). The van der Waals surface area contributed by atoms with Crippen molar-refractivity contribution in [1.82, 2.24) is 4.98 Å². The topological polar surface area (TPSA) is 75.1 Å². The summed E-state index contributed by atoms with van der Waals surface area (Å²) < 4.78 is 11.5. The van der Waals surface area contributed by atoms with Crippen LogP contribution in [0.25, 0.3) is 11.1 Å². The van der Waals surface area contributed by atoms with Crippen LogP contribution in [-0.4, -0.2) is 12.1 Å². The summed E-state index contributed by atoms with van der Waals surface area (Å²) in [6, 6.07) is 14.2. The molecule has 0 aliphatic heterocycles. The summed E-state index contributed by atoms with van der Waals surface area (Å²) in [6.07, 6.45) is 0. The van der Waals surface area contributed by atoms with E-state index in [1.165, 1.54) is 7.11 Å². The number of benzene rings is 2. The molecule has 0 aliphatic carbocycles. The van der Waals surface area contributed by atoms with Crippen molar-refractivity contribution in [3.05, 3.63) is 79.7 Å². The van der Waals surface area contributed by atoms with Gasteiger partial charge in [0, 0.05) is 32.4 Å². The maximum absolute atomic E-state index is 12.2. The molecule has 0 aliphatic rings. The lowest BCUT2D eigenvalue weighted by Gasteiger charge is -2.17. The van der Waals surface area contributed by atoms with Crippen LogP contribution in [0, 0.1) is 18.3 Å². The summed E-state index contributed by atoms with van der Waals surface area (Å²) in [5.41, 5.74) is 1.82. The number of nitrogens with zero attached hydrogens (tertiary/aromatic N) is 1. The first-order valence-corrected chi connectivity index (χ1v) is 9.09. The third-order valence-electron chi connectivity index (χ3n) is 4.19. The molecule has 0 spiro atoms. The number of aromatic nitrogens is 1. The summed E-state index contributed by atoms with van der Waals surface area (Å²) in [6.45, 7) is 1.84. The Morgan fingerprint density at radius 2 is 1.79 bits per heavy atom. The minimum Gasteiger partial charge on any atom is -0.493 e. The number of H-pyrrole nitrogens is 1. The highest BCUT2D eigenvalue weighted by molar-refractivity contribution is 6.35. The van der Waals surface area contributed by atoms with Crippen molar-refractivity contribution in [3.63, 3.8) is 0 Å². The zero-order valence-electron chi connectivity index (χ0n) is 15.2. The largest absolute Gasteiger partial charge is 0.493 e. The van der Waals surface area contributed by atoms with E-state index < -0.39 is 5.56 Å². The third-order valence-corrected chi connectivity index (χ3v) is 4.90. The van der Waals surface area contributed by atoms with E-state index >= 15 is 0 Å². The zero-order valence-corrected chi connectivity index (χ0v) is 16.7. The van der Waals surface area contributed by atoms with E-state index in [0.29, 0.717) is 43.9 Å². The minimum atomic E-state index is -0.458. The fraction of sp³-hybridized carbons (Fsp3) is 0.143. The van der Waals surface area contributed by atoms with Crippen LogP contribution in [0.15, 0.2) is 47.3 Å². The molecule has 3 aromatic rings. The Balaban J connectivity index is 2.13. The van der Waals surface area contributed by atoms with Crippen LogP contribution < -0.4 is 15.0 Å². The predicted octanol–water partition coefficient (Wildman–Crippen LogP) is 5.12. The molecule has 0 radical (unpaired) electrons. The number of pyridine rings is 1. The quantitative estimate of drug-likeness (QED) is 0.628. The smallest absolute Gasteiger partial charge is 0.266 e. The molecule has 0 saturated heterocycles. The zero-order chi connectivity index (χ0) is 20.3. The highest BCUT2D eigenvalue weighted by atomic mass is 35.5. The molecule has 1 aromatic heterocycles. The number of methoxy groups -OCH3 is 1. The van der Waals surface area contributed by atoms with E-state index in [1.54, 1.807) is 49.4 Å². The van der Waals surface area contributed by atoms with Gasteiger partial charge in [0.05, 0.1) is 7.11 Å². The van der Waals surface area contributed by atoms with Crippen LogP contribution in [0.3, 0.4) is 0 Å². The Morgan fingerprint density at radius 1 is 1.11 bits per heavy atom. The van der Waals surface area contributed by atoms with Gasteiger partial charge in [-0.1, -0.05) is 41.4 Å². The fourth-order valence-electron chi connectivity index (χ4n) is 2.86. The molecular formula is C21H16Cl2N2O3. The number of aryl methyl sites for hydroxylation is 1. The summed E-state index contributed by atoms with van der Waals surface area (Å²) in [5.74, 6) is 0.852. The molecule has 3 rings (SSSR count). The SMILES string of the molecule is COc1cccc(-c2cc(C)[nH]c(=O)c2C#N)c1OCc1c(Cl)cccc1Cl. The molecule has 0 unspecified atom stereocenters. The van der Waals surface area contributed by atoms with E-state index in [0.717, 1.165) is 0 Å². The molecular weight excluding hydrogens is 399 g/mol. The van der Waals surface area contributed by atoms with Gasteiger partial charge in [0.2, 0.25) is 0 Å².